The number of aliphatic hydroxyl groups is 1. The van der Waals surface area contributed by atoms with Gasteiger partial charge in [-0.15, -0.1) is 0 Å². The summed E-state index contributed by atoms with van der Waals surface area (Å²) >= 11 is 0. The Morgan fingerprint density at radius 2 is 2.14 bits per heavy atom. The highest BCUT2D eigenvalue weighted by molar-refractivity contribution is 7.89. The largest absolute Gasteiger partial charge is 0.495 e. The number of ether oxygens (including phenoxy) is 1. The molecule has 0 amide bonds. The maximum atomic E-state index is 12.6. The second kappa shape index (κ2) is 6.48. The normalized spacial score (nSPS) is 14.7. The lowest BCUT2D eigenvalue weighted by Crippen LogP contribution is -2.29. The van der Waals surface area contributed by atoms with Crippen LogP contribution in [0.5, 0.6) is 5.75 Å². The molecule has 1 aromatic carbocycles. The highest BCUT2D eigenvalue weighted by Crippen LogP contribution is 2.33. The minimum atomic E-state index is -3.61. The zero-order valence-corrected chi connectivity index (χ0v) is 13.0. The molecule has 1 saturated carbocycles. The van der Waals surface area contributed by atoms with E-state index in [1.165, 1.54) is 17.5 Å². The van der Waals surface area contributed by atoms with Crippen LogP contribution in [-0.4, -0.2) is 45.1 Å². The van der Waals surface area contributed by atoms with Crippen molar-refractivity contribution in [2.75, 3.05) is 27.3 Å². The van der Waals surface area contributed by atoms with Crippen LogP contribution >= 0.6 is 0 Å². The fourth-order valence-corrected chi connectivity index (χ4v) is 3.45. The number of hydrogen-bond donors (Lipinski definition) is 1. The number of aliphatic hydroxyl groups excluding tert-OH is 1. The Kier molecular flexibility index (Phi) is 4.88. The van der Waals surface area contributed by atoms with E-state index in [-0.39, 0.29) is 11.5 Å². The quantitative estimate of drug-likeness (QED) is 0.826. The molecule has 0 radical (unpaired) electrons. The first kappa shape index (κ1) is 15.8. The molecule has 1 aromatic rings. The van der Waals surface area contributed by atoms with E-state index >= 15 is 0 Å². The second-order valence-corrected chi connectivity index (χ2v) is 7.07. The van der Waals surface area contributed by atoms with Crippen LogP contribution in [0.25, 0.3) is 0 Å². The molecule has 21 heavy (non-hydrogen) atoms. The van der Waals surface area contributed by atoms with Crippen LogP contribution in [0.4, 0.5) is 0 Å². The van der Waals surface area contributed by atoms with Crippen LogP contribution in [0.3, 0.4) is 0 Å². The van der Waals surface area contributed by atoms with Crippen LogP contribution in [0.2, 0.25) is 0 Å². The van der Waals surface area contributed by atoms with Crippen molar-refractivity contribution in [2.45, 2.75) is 17.7 Å². The summed E-state index contributed by atoms with van der Waals surface area (Å²) in [5, 5.41) is 8.73. The molecule has 2 rings (SSSR count). The van der Waals surface area contributed by atoms with Gasteiger partial charge in [0.2, 0.25) is 10.0 Å². The lowest BCUT2D eigenvalue weighted by Gasteiger charge is -2.18. The van der Waals surface area contributed by atoms with E-state index in [0.717, 1.165) is 12.8 Å². The molecule has 6 heteroatoms. The van der Waals surface area contributed by atoms with Crippen LogP contribution in [0, 0.1) is 17.8 Å². The van der Waals surface area contributed by atoms with Crippen LogP contribution in [0.1, 0.15) is 18.4 Å². The zero-order chi connectivity index (χ0) is 15.5. The molecule has 0 unspecified atom stereocenters. The average Bonchev–Trinajstić information content (AvgIpc) is 3.28. The first-order chi connectivity index (χ1) is 9.98. The fraction of sp³-hybridized carbons (Fsp3) is 0.467. The molecule has 0 aliphatic heterocycles. The predicted molar refractivity (Wildman–Crippen MR) is 79.5 cm³/mol. The molecule has 0 heterocycles. The highest BCUT2D eigenvalue weighted by Gasteiger charge is 2.31. The number of benzene rings is 1. The SMILES string of the molecule is COc1ccc(C#CCO)cc1S(=O)(=O)N(C)CC1CC1. The number of methoxy groups -OCH3 is 1. The summed E-state index contributed by atoms with van der Waals surface area (Å²) in [6.45, 7) is 0.258. The lowest BCUT2D eigenvalue weighted by molar-refractivity contribution is 0.350. The van der Waals surface area contributed by atoms with Gasteiger partial charge >= 0.3 is 0 Å². The van der Waals surface area contributed by atoms with Crippen molar-refractivity contribution in [1.29, 1.82) is 0 Å². The Hall–Kier alpha value is -1.55. The van der Waals surface area contributed by atoms with Crippen molar-refractivity contribution in [3.05, 3.63) is 23.8 Å². The summed E-state index contributed by atoms with van der Waals surface area (Å²) in [4.78, 5) is 0.109. The van der Waals surface area contributed by atoms with Crippen LogP contribution < -0.4 is 4.74 Å². The van der Waals surface area contributed by atoms with Crippen LogP contribution in [-0.2, 0) is 10.0 Å². The van der Waals surface area contributed by atoms with Crippen molar-refractivity contribution < 1.29 is 18.3 Å². The van der Waals surface area contributed by atoms with Gasteiger partial charge in [-0.3, -0.25) is 0 Å². The molecule has 0 aromatic heterocycles. The molecular weight excluding hydrogens is 290 g/mol. The van der Waals surface area contributed by atoms with Gasteiger partial charge in [-0.1, -0.05) is 11.8 Å². The molecule has 1 N–H and O–H groups in total. The van der Waals surface area contributed by atoms with Crippen molar-refractivity contribution in [3.8, 4) is 17.6 Å². The summed E-state index contributed by atoms with van der Waals surface area (Å²) in [5.74, 6) is 5.98. The molecule has 0 spiro atoms. The number of sulfonamides is 1. The van der Waals surface area contributed by atoms with E-state index in [0.29, 0.717) is 23.8 Å². The predicted octanol–water partition coefficient (Wildman–Crippen LogP) is 1.07. The summed E-state index contributed by atoms with van der Waals surface area (Å²) < 4.78 is 31.8. The molecule has 114 valence electrons. The smallest absolute Gasteiger partial charge is 0.246 e. The number of hydrogen-bond acceptors (Lipinski definition) is 4. The number of rotatable bonds is 5. The summed E-state index contributed by atoms with van der Waals surface area (Å²) in [6, 6.07) is 4.74. The van der Waals surface area contributed by atoms with E-state index in [4.69, 9.17) is 9.84 Å². The Labute approximate surface area is 125 Å². The molecule has 1 aliphatic rings. The Morgan fingerprint density at radius 1 is 1.43 bits per heavy atom. The first-order valence-corrected chi connectivity index (χ1v) is 8.17. The van der Waals surface area contributed by atoms with E-state index in [1.807, 2.05) is 0 Å². The fourth-order valence-electron chi connectivity index (χ4n) is 2.03. The standard InChI is InChI=1S/C15H19NO4S/c1-16(11-13-5-6-13)21(18,19)15-10-12(4-3-9-17)7-8-14(15)20-2/h7-8,10,13,17H,5-6,9,11H2,1-2H3. The minimum absolute atomic E-state index is 0.109. The van der Waals surface area contributed by atoms with E-state index < -0.39 is 10.0 Å². The van der Waals surface area contributed by atoms with Gasteiger partial charge in [0.05, 0.1) is 7.11 Å². The maximum Gasteiger partial charge on any atom is 0.246 e. The summed E-state index contributed by atoms with van der Waals surface area (Å²) in [5.41, 5.74) is 0.531. The minimum Gasteiger partial charge on any atom is -0.495 e. The third kappa shape index (κ3) is 3.76. The van der Waals surface area contributed by atoms with Crippen molar-refractivity contribution in [1.82, 2.24) is 4.31 Å². The van der Waals surface area contributed by atoms with E-state index in [1.54, 1.807) is 19.2 Å². The number of nitrogens with zero attached hydrogens (tertiary/aromatic N) is 1. The molecule has 1 fully saturated rings. The van der Waals surface area contributed by atoms with Gasteiger partial charge in [0.25, 0.3) is 0 Å². The topological polar surface area (TPSA) is 66.8 Å². The Balaban J connectivity index is 2.38. The lowest BCUT2D eigenvalue weighted by atomic mass is 10.2. The first-order valence-electron chi connectivity index (χ1n) is 6.73. The molecular formula is C15H19NO4S. The Morgan fingerprint density at radius 3 is 2.71 bits per heavy atom. The molecule has 5 nitrogen and oxygen atoms in total. The summed E-state index contributed by atoms with van der Waals surface area (Å²) in [7, 11) is -0.585. The van der Waals surface area contributed by atoms with Gasteiger partial charge in [0, 0.05) is 19.2 Å². The van der Waals surface area contributed by atoms with E-state index in [9.17, 15) is 8.42 Å². The average molecular weight is 309 g/mol. The van der Waals surface area contributed by atoms with E-state index in [2.05, 4.69) is 11.8 Å². The Bertz CT molecular complexity index is 669. The third-order valence-electron chi connectivity index (χ3n) is 3.38. The van der Waals surface area contributed by atoms with Gasteiger partial charge < -0.3 is 9.84 Å². The molecule has 1 aliphatic carbocycles. The van der Waals surface area contributed by atoms with Gasteiger partial charge in [0.15, 0.2) is 0 Å². The zero-order valence-electron chi connectivity index (χ0n) is 12.2. The van der Waals surface area contributed by atoms with Gasteiger partial charge in [-0.25, -0.2) is 12.7 Å². The van der Waals surface area contributed by atoms with Crippen molar-refractivity contribution in [2.24, 2.45) is 5.92 Å². The maximum absolute atomic E-state index is 12.6. The van der Waals surface area contributed by atoms with Gasteiger partial charge in [-0.2, -0.15) is 0 Å². The molecule has 0 atom stereocenters. The van der Waals surface area contributed by atoms with Gasteiger partial charge in [0.1, 0.15) is 17.3 Å². The molecule has 0 bridgehead atoms. The van der Waals surface area contributed by atoms with Crippen molar-refractivity contribution >= 4 is 10.0 Å². The third-order valence-corrected chi connectivity index (χ3v) is 5.22. The summed E-state index contributed by atoms with van der Waals surface area (Å²) in [6.07, 6.45) is 2.16. The van der Waals surface area contributed by atoms with Gasteiger partial charge in [-0.05, 0) is 37.0 Å². The second-order valence-electron chi connectivity index (χ2n) is 5.05. The highest BCUT2D eigenvalue weighted by atomic mass is 32.2. The van der Waals surface area contributed by atoms with Crippen LogP contribution in [0.15, 0.2) is 23.1 Å². The monoisotopic (exact) mass is 309 g/mol. The molecule has 0 saturated heterocycles. The van der Waals surface area contributed by atoms with Crippen molar-refractivity contribution in [3.63, 3.8) is 0 Å².